The van der Waals surface area contributed by atoms with Crippen LogP contribution in [0.15, 0.2) is 24.3 Å². The van der Waals surface area contributed by atoms with Crippen LogP contribution in [0.3, 0.4) is 0 Å². The maximum atomic E-state index is 12.7. The van der Waals surface area contributed by atoms with E-state index in [9.17, 15) is 4.79 Å². The van der Waals surface area contributed by atoms with Crippen LogP contribution >= 0.6 is 12.4 Å². The number of para-hydroxylation sites is 1. The third kappa shape index (κ3) is 4.16. The van der Waals surface area contributed by atoms with Crippen molar-refractivity contribution in [3.8, 4) is 5.75 Å². The van der Waals surface area contributed by atoms with Gasteiger partial charge in [-0.15, -0.1) is 12.4 Å². The van der Waals surface area contributed by atoms with E-state index < -0.39 is 0 Å². The Morgan fingerprint density at radius 1 is 1.43 bits per heavy atom. The van der Waals surface area contributed by atoms with Crippen molar-refractivity contribution in [3.05, 3.63) is 29.8 Å². The van der Waals surface area contributed by atoms with Crippen molar-refractivity contribution in [2.24, 2.45) is 0 Å². The van der Waals surface area contributed by atoms with E-state index in [-0.39, 0.29) is 30.5 Å². The fraction of sp³-hybridized carbons (Fsp3) is 0.588. The van der Waals surface area contributed by atoms with Crippen LogP contribution in [0.4, 0.5) is 0 Å². The number of nitrogens with zero attached hydrogens (tertiary/aromatic N) is 1. The number of amides is 1. The Morgan fingerprint density at radius 3 is 3.00 bits per heavy atom. The van der Waals surface area contributed by atoms with Crippen LogP contribution in [-0.4, -0.2) is 50.3 Å². The van der Waals surface area contributed by atoms with Crippen LogP contribution in [0, 0.1) is 0 Å². The van der Waals surface area contributed by atoms with Crippen molar-refractivity contribution in [2.45, 2.75) is 31.4 Å². The average Bonchev–Trinajstić information content (AvgIpc) is 3.07. The molecule has 2 saturated heterocycles. The summed E-state index contributed by atoms with van der Waals surface area (Å²) in [4.78, 5) is 14.7. The number of halogens is 1. The number of piperazine rings is 1. The standard InChI is InChI=1S/C17H24N2O3.ClH/c1-21-16-7-3-2-6-14(16)15-12-18-8-9-19(15)17(20)11-13-5-4-10-22-13;/h2-3,6-7,13,15,18H,4-5,8-12H2,1H3;1H. The van der Waals surface area contributed by atoms with Crippen LogP contribution in [0.2, 0.25) is 0 Å². The van der Waals surface area contributed by atoms with Gasteiger partial charge in [0.1, 0.15) is 5.75 Å². The third-order valence-corrected chi connectivity index (χ3v) is 4.49. The van der Waals surface area contributed by atoms with Gasteiger partial charge in [0.2, 0.25) is 5.91 Å². The van der Waals surface area contributed by atoms with Gasteiger partial charge in [0.05, 0.1) is 25.7 Å². The molecule has 2 atom stereocenters. The van der Waals surface area contributed by atoms with Crippen LogP contribution in [0.5, 0.6) is 5.75 Å². The van der Waals surface area contributed by atoms with Crippen molar-refractivity contribution < 1.29 is 14.3 Å². The number of hydrogen-bond acceptors (Lipinski definition) is 4. The number of methoxy groups -OCH3 is 1. The molecule has 2 aliphatic heterocycles. The third-order valence-electron chi connectivity index (χ3n) is 4.49. The van der Waals surface area contributed by atoms with Gasteiger partial charge in [-0.1, -0.05) is 18.2 Å². The lowest BCUT2D eigenvalue weighted by Gasteiger charge is -2.37. The molecule has 0 bridgehead atoms. The summed E-state index contributed by atoms with van der Waals surface area (Å²) in [5, 5.41) is 3.38. The number of carbonyl (C=O) groups excluding carboxylic acids is 1. The maximum absolute atomic E-state index is 12.7. The lowest BCUT2D eigenvalue weighted by Crippen LogP contribution is -2.49. The van der Waals surface area contributed by atoms with Gasteiger partial charge in [0.15, 0.2) is 0 Å². The normalized spacial score (nSPS) is 24.1. The molecule has 2 fully saturated rings. The lowest BCUT2D eigenvalue weighted by atomic mass is 10.0. The molecular weight excluding hydrogens is 316 g/mol. The first-order valence-corrected chi connectivity index (χ1v) is 8.04. The zero-order valence-electron chi connectivity index (χ0n) is 13.5. The zero-order chi connectivity index (χ0) is 15.4. The molecule has 1 aromatic carbocycles. The number of ether oxygens (including phenoxy) is 2. The molecule has 0 saturated carbocycles. The summed E-state index contributed by atoms with van der Waals surface area (Å²) in [6, 6.07) is 7.97. The predicted molar refractivity (Wildman–Crippen MR) is 91.2 cm³/mol. The van der Waals surface area contributed by atoms with Crippen molar-refractivity contribution in [1.82, 2.24) is 10.2 Å². The summed E-state index contributed by atoms with van der Waals surface area (Å²) in [7, 11) is 1.67. The quantitative estimate of drug-likeness (QED) is 0.912. The molecule has 128 valence electrons. The Kier molecular flexibility index (Phi) is 6.69. The predicted octanol–water partition coefficient (Wildman–Crippen LogP) is 2.16. The molecule has 2 unspecified atom stereocenters. The molecule has 5 nitrogen and oxygen atoms in total. The number of rotatable bonds is 4. The lowest BCUT2D eigenvalue weighted by molar-refractivity contribution is -0.136. The topological polar surface area (TPSA) is 50.8 Å². The highest BCUT2D eigenvalue weighted by atomic mass is 35.5. The molecular formula is C17H25ClN2O3. The monoisotopic (exact) mass is 340 g/mol. The van der Waals surface area contributed by atoms with Gasteiger partial charge in [-0.3, -0.25) is 4.79 Å². The molecule has 0 spiro atoms. The molecule has 0 aromatic heterocycles. The second-order valence-corrected chi connectivity index (χ2v) is 5.89. The van der Waals surface area contributed by atoms with Crippen LogP contribution in [0.25, 0.3) is 0 Å². The molecule has 2 heterocycles. The average molecular weight is 341 g/mol. The summed E-state index contributed by atoms with van der Waals surface area (Å²) >= 11 is 0. The van der Waals surface area contributed by atoms with E-state index >= 15 is 0 Å². The first-order valence-electron chi connectivity index (χ1n) is 8.04. The van der Waals surface area contributed by atoms with E-state index in [2.05, 4.69) is 5.32 Å². The first kappa shape index (κ1) is 18.0. The molecule has 2 aliphatic rings. The SMILES string of the molecule is COc1ccccc1C1CNCCN1C(=O)CC1CCCO1.Cl. The van der Waals surface area contributed by atoms with Crippen molar-refractivity contribution in [2.75, 3.05) is 33.4 Å². The highest BCUT2D eigenvalue weighted by Gasteiger charge is 2.31. The van der Waals surface area contributed by atoms with Gasteiger partial charge in [0.25, 0.3) is 0 Å². The minimum atomic E-state index is 0. The molecule has 0 aliphatic carbocycles. The summed E-state index contributed by atoms with van der Waals surface area (Å²) in [5.74, 6) is 1.02. The second-order valence-electron chi connectivity index (χ2n) is 5.89. The summed E-state index contributed by atoms with van der Waals surface area (Å²) in [6.07, 6.45) is 2.65. The van der Waals surface area contributed by atoms with Gasteiger partial charge >= 0.3 is 0 Å². The molecule has 1 amide bonds. The number of carbonyl (C=O) groups is 1. The molecule has 6 heteroatoms. The minimum absolute atomic E-state index is 0. The fourth-order valence-corrected chi connectivity index (χ4v) is 3.34. The van der Waals surface area contributed by atoms with Gasteiger partial charge in [-0.25, -0.2) is 0 Å². The number of hydrogen-bond donors (Lipinski definition) is 1. The van der Waals surface area contributed by atoms with Gasteiger partial charge in [-0.05, 0) is 18.9 Å². The van der Waals surface area contributed by atoms with Crippen molar-refractivity contribution in [3.63, 3.8) is 0 Å². The molecule has 1 aromatic rings. The Labute approximate surface area is 143 Å². The zero-order valence-corrected chi connectivity index (χ0v) is 14.3. The van der Waals surface area contributed by atoms with E-state index in [1.807, 2.05) is 29.2 Å². The van der Waals surface area contributed by atoms with Crippen LogP contribution in [0.1, 0.15) is 30.9 Å². The highest BCUT2D eigenvalue weighted by Crippen LogP contribution is 2.31. The summed E-state index contributed by atoms with van der Waals surface area (Å²) in [6.45, 7) is 3.12. The van der Waals surface area contributed by atoms with Crippen LogP contribution in [-0.2, 0) is 9.53 Å². The maximum Gasteiger partial charge on any atom is 0.225 e. The van der Waals surface area contributed by atoms with E-state index in [1.165, 1.54) is 0 Å². The second kappa shape index (κ2) is 8.52. The smallest absolute Gasteiger partial charge is 0.225 e. The number of nitrogens with one attached hydrogen (secondary N) is 1. The molecule has 23 heavy (non-hydrogen) atoms. The van der Waals surface area contributed by atoms with E-state index in [0.717, 1.165) is 50.4 Å². The van der Waals surface area contributed by atoms with Gasteiger partial charge < -0.3 is 19.7 Å². The molecule has 3 rings (SSSR count). The Morgan fingerprint density at radius 2 is 2.26 bits per heavy atom. The Balaban J connectivity index is 0.00000192. The van der Waals surface area contributed by atoms with Gasteiger partial charge in [-0.2, -0.15) is 0 Å². The van der Waals surface area contributed by atoms with Crippen molar-refractivity contribution >= 4 is 18.3 Å². The highest BCUT2D eigenvalue weighted by molar-refractivity contribution is 5.85. The Bertz CT molecular complexity index is 520. The van der Waals surface area contributed by atoms with Gasteiger partial charge in [0, 0.05) is 31.8 Å². The molecule has 1 N–H and O–H groups in total. The van der Waals surface area contributed by atoms with E-state index in [0.29, 0.717) is 6.42 Å². The van der Waals surface area contributed by atoms with E-state index in [4.69, 9.17) is 9.47 Å². The van der Waals surface area contributed by atoms with E-state index in [1.54, 1.807) is 7.11 Å². The largest absolute Gasteiger partial charge is 0.496 e. The minimum Gasteiger partial charge on any atom is -0.496 e. The fourth-order valence-electron chi connectivity index (χ4n) is 3.34. The summed E-state index contributed by atoms with van der Waals surface area (Å²) in [5.41, 5.74) is 1.07. The molecule has 0 radical (unpaired) electrons. The summed E-state index contributed by atoms with van der Waals surface area (Å²) < 4.78 is 11.1. The van der Waals surface area contributed by atoms with Crippen molar-refractivity contribution in [1.29, 1.82) is 0 Å². The van der Waals surface area contributed by atoms with Crippen LogP contribution < -0.4 is 10.1 Å². The first-order chi connectivity index (χ1) is 10.8. The number of benzene rings is 1. The Hall–Kier alpha value is -1.30.